The van der Waals surface area contributed by atoms with Gasteiger partial charge in [0.25, 0.3) is 11.5 Å². The van der Waals surface area contributed by atoms with Gasteiger partial charge in [-0.2, -0.15) is 0 Å². The second-order valence-corrected chi connectivity index (χ2v) is 8.37. The maximum Gasteiger partial charge on any atom is 0.340 e. The fourth-order valence-corrected chi connectivity index (χ4v) is 5.04. The lowest BCUT2D eigenvalue weighted by Gasteiger charge is -2.16. The number of anilines is 1. The van der Waals surface area contributed by atoms with E-state index in [9.17, 15) is 14.4 Å². The normalized spacial score (nSPS) is 14.4. The van der Waals surface area contributed by atoms with Crippen LogP contribution in [0.2, 0.25) is 0 Å². The number of carbonyl (C=O) groups excluding carboxylic acids is 2. The number of esters is 1. The number of amides is 1. The van der Waals surface area contributed by atoms with Crippen molar-refractivity contribution in [3.05, 3.63) is 44.3 Å². The summed E-state index contributed by atoms with van der Waals surface area (Å²) in [6, 6.07) is 3.00. The SMILES string of the molecule is COC(=O)c1cc2c(cc1NC(=O)c1sc3nc4n(c(=O)c3c1C)CCCC4)OCO2. The third-order valence-electron chi connectivity index (χ3n) is 5.53. The van der Waals surface area contributed by atoms with Gasteiger partial charge in [-0.25, -0.2) is 9.78 Å². The Labute approximate surface area is 180 Å². The molecule has 9 nitrogen and oxygen atoms in total. The summed E-state index contributed by atoms with van der Waals surface area (Å²) in [7, 11) is 1.26. The zero-order valence-corrected chi connectivity index (χ0v) is 17.8. The van der Waals surface area contributed by atoms with E-state index in [2.05, 4.69) is 10.3 Å². The maximum absolute atomic E-state index is 13.1. The Bertz CT molecular complexity index is 1310. The summed E-state index contributed by atoms with van der Waals surface area (Å²) in [4.78, 5) is 43.9. The molecule has 0 radical (unpaired) electrons. The smallest absolute Gasteiger partial charge is 0.340 e. The van der Waals surface area contributed by atoms with E-state index in [1.165, 1.54) is 30.6 Å². The van der Waals surface area contributed by atoms with Gasteiger partial charge in [-0.1, -0.05) is 0 Å². The van der Waals surface area contributed by atoms with E-state index in [0.29, 0.717) is 38.7 Å². The van der Waals surface area contributed by atoms with Crippen molar-refractivity contribution >= 4 is 39.1 Å². The molecule has 160 valence electrons. The number of benzene rings is 1. The number of rotatable bonds is 3. The van der Waals surface area contributed by atoms with Crippen LogP contribution in [0, 0.1) is 6.92 Å². The molecule has 5 rings (SSSR count). The Morgan fingerprint density at radius 2 is 2.00 bits per heavy atom. The molecule has 10 heteroatoms. The Morgan fingerprint density at radius 1 is 1.23 bits per heavy atom. The topological polar surface area (TPSA) is 109 Å². The second kappa shape index (κ2) is 7.38. The Balaban J connectivity index is 1.56. The van der Waals surface area contributed by atoms with Gasteiger partial charge in [-0.05, 0) is 25.3 Å². The number of ether oxygens (including phenoxy) is 3. The fraction of sp³-hybridized carbons (Fsp3) is 0.333. The molecule has 0 bridgehead atoms. The number of aryl methyl sites for hydroxylation is 2. The highest BCUT2D eigenvalue weighted by molar-refractivity contribution is 7.20. The van der Waals surface area contributed by atoms with Gasteiger partial charge >= 0.3 is 5.97 Å². The van der Waals surface area contributed by atoms with E-state index in [4.69, 9.17) is 14.2 Å². The number of nitrogens with one attached hydrogen (secondary N) is 1. The first-order valence-electron chi connectivity index (χ1n) is 9.84. The minimum atomic E-state index is -0.616. The molecule has 0 unspecified atom stereocenters. The first kappa shape index (κ1) is 19.6. The van der Waals surface area contributed by atoms with Gasteiger partial charge in [0.05, 0.1) is 28.6 Å². The van der Waals surface area contributed by atoms with E-state index in [-0.39, 0.29) is 23.6 Å². The Hall–Kier alpha value is -3.40. The highest BCUT2D eigenvalue weighted by Crippen LogP contribution is 2.38. The molecule has 4 heterocycles. The molecular weight excluding hydrogens is 422 g/mol. The van der Waals surface area contributed by atoms with E-state index in [0.717, 1.165) is 25.1 Å². The number of hydrogen-bond acceptors (Lipinski definition) is 8. The average Bonchev–Trinajstić information content (AvgIpc) is 3.36. The van der Waals surface area contributed by atoms with Crippen LogP contribution < -0.4 is 20.3 Å². The lowest BCUT2D eigenvalue weighted by atomic mass is 10.1. The first-order valence-corrected chi connectivity index (χ1v) is 10.7. The number of fused-ring (bicyclic) bond motifs is 3. The summed E-state index contributed by atoms with van der Waals surface area (Å²) in [5, 5.41) is 3.23. The van der Waals surface area contributed by atoms with Crippen LogP contribution in [0.5, 0.6) is 11.5 Å². The predicted molar refractivity (Wildman–Crippen MR) is 113 cm³/mol. The second-order valence-electron chi connectivity index (χ2n) is 7.38. The number of thiophene rings is 1. The van der Waals surface area contributed by atoms with Gasteiger partial charge in [0.15, 0.2) is 11.5 Å². The van der Waals surface area contributed by atoms with Crippen LogP contribution in [-0.4, -0.2) is 35.3 Å². The Morgan fingerprint density at radius 3 is 2.77 bits per heavy atom. The molecule has 0 spiro atoms. The van der Waals surface area contributed by atoms with Gasteiger partial charge in [0.2, 0.25) is 6.79 Å². The van der Waals surface area contributed by atoms with Crippen LogP contribution in [0.3, 0.4) is 0 Å². The third-order valence-corrected chi connectivity index (χ3v) is 6.72. The minimum absolute atomic E-state index is 0.0308. The monoisotopic (exact) mass is 441 g/mol. The first-order chi connectivity index (χ1) is 15.0. The summed E-state index contributed by atoms with van der Waals surface area (Å²) in [5.41, 5.74) is 0.858. The highest BCUT2D eigenvalue weighted by atomic mass is 32.1. The summed E-state index contributed by atoms with van der Waals surface area (Å²) in [6.45, 7) is 2.42. The Kier molecular flexibility index (Phi) is 4.66. The molecule has 1 aromatic carbocycles. The predicted octanol–water partition coefficient (Wildman–Crippen LogP) is 2.87. The number of hydrogen-bond donors (Lipinski definition) is 1. The number of methoxy groups -OCH3 is 1. The highest BCUT2D eigenvalue weighted by Gasteiger charge is 2.26. The average molecular weight is 441 g/mol. The molecule has 1 N–H and O–H groups in total. The molecule has 2 aromatic heterocycles. The van der Waals surface area contributed by atoms with Crippen molar-refractivity contribution < 1.29 is 23.8 Å². The molecule has 0 aliphatic carbocycles. The minimum Gasteiger partial charge on any atom is -0.465 e. The number of carbonyl (C=O) groups is 2. The van der Waals surface area contributed by atoms with Gasteiger partial charge in [0.1, 0.15) is 10.7 Å². The van der Waals surface area contributed by atoms with Gasteiger partial charge in [-0.3, -0.25) is 14.2 Å². The van der Waals surface area contributed by atoms with Crippen LogP contribution in [0.25, 0.3) is 10.2 Å². The molecule has 0 atom stereocenters. The van der Waals surface area contributed by atoms with Gasteiger partial charge in [-0.15, -0.1) is 11.3 Å². The molecule has 2 aliphatic heterocycles. The zero-order chi connectivity index (χ0) is 21.7. The molecule has 2 aliphatic rings. The van der Waals surface area contributed by atoms with E-state index < -0.39 is 11.9 Å². The van der Waals surface area contributed by atoms with Crippen LogP contribution in [-0.2, 0) is 17.7 Å². The van der Waals surface area contributed by atoms with Crippen molar-refractivity contribution in [2.45, 2.75) is 32.7 Å². The number of aromatic nitrogens is 2. The van der Waals surface area contributed by atoms with E-state index in [1.807, 2.05) is 0 Å². The molecule has 0 fully saturated rings. The number of nitrogens with zero attached hydrogens (tertiary/aromatic N) is 2. The van der Waals surface area contributed by atoms with Crippen molar-refractivity contribution in [3.63, 3.8) is 0 Å². The molecular formula is C21H19N3O6S. The molecule has 0 saturated heterocycles. The van der Waals surface area contributed by atoms with Crippen molar-refractivity contribution in [1.82, 2.24) is 9.55 Å². The van der Waals surface area contributed by atoms with E-state index in [1.54, 1.807) is 11.5 Å². The van der Waals surface area contributed by atoms with E-state index >= 15 is 0 Å². The van der Waals surface area contributed by atoms with Crippen LogP contribution in [0.4, 0.5) is 5.69 Å². The molecule has 1 amide bonds. The largest absolute Gasteiger partial charge is 0.465 e. The summed E-state index contributed by atoms with van der Waals surface area (Å²) < 4.78 is 17.2. The fourth-order valence-electron chi connectivity index (χ4n) is 3.95. The standard InChI is InChI=1S/C21H19N3O6S/c1-10-16-19(23-15-5-3-4-6-24(15)20(16)26)31-17(10)18(25)22-12-8-14-13(29-9-30-14)7-11(12)21(27)28-2/h7-8H,3-6,9H2,1-2H3,(H,22,25). The summed E-state index contributed by atoms with van der Waals surface area (Å²) in [6.07, 6.45) is 2.69. The quantitative estimate of drug-likeness (QED) is 0.623. The van der Waals surface area contributed by atoms with Crippen LogP contribution >= 0.6 is 11.3 Å². The van der Waals surface area contributed by atoms with Gasteiger partial charge < -0.3 is 19.5 Å². The van der Waals surface area contributed by atoms with Crippen molar-refractivity contribution in [2.75, 3.05) is 19.2 Å². The van der Waals surface area contributed by atoms with Crippen molar-refractivity contribution in [3.8, 4) is 11.5 Å². The molecule has 31 heavy (non-hydrogen) atoms. The summed E-state index contributed by atoms with van der Waals surface area (Å²) >= 11 is 1.18. The maximum atomic E-state index is 13.1. The summed E-state index contributed by atoms with van der Waals surface area (Å²) in [5.74, 6) is 0.532. The zero-order valence-electron chi connectivity index (χ0n) is 16.9. The molecule has 3 aromatic rings. The lowest BCUT2D eigenvalue weighted by molar-refractivity contribution is 0.0601. The van der Waals surface area contributed by atoms with Gasteiger partial charge in [0, 0.05) is 25.1 Å². The van der Waals surface area contributed by atoms with Crippen molar-refractivity contribution in [1.29, 1.82) is 0 Å². The lowest BCUT2D eigenvalue weighted by Crippen LogP contribution is -2.28. The third kappa shape index (κ3) is 3.14. The van der Waals surface area contributed by atoms with Crippen molar-refractivity contribution in [2.24, 2.45) is 0 Å². The molecule has 0 saturated carbocycles. The van der Waals surface area contributed by atoms with Crippen LogP contribution in [0.15, 0.2) is 16.9 Å². The van der Waals surface area contributed by atoms with Crippen LogP contribution in [0.1, 0.15) is 44.3 Å².